The van der Waals surface area contributed by atoms with Crippen LogP contribution >= 0.6 is 11.6 Å². The van der Waals surface area contributed by atoms with Crippen molar-refractivity contribution in [3.05, 3.63) is 22.7 Å². The van der Waals surface area contributed by atoms with Gasteiger partial charge >= 0.3 is 0 Å². The van der Waals surface area contributed by atoms with Gasteiger partial charge in [0.05, 0.1) is 12.1 Å². The van der Waals surface area contributed by atoms with Crippen LogP contribution in [-0.2, 0) is 6.42 Å². The number of likely N-dealkylation sites (N-methyl/N-ethyl adjacent to an activating group) is 1. The van der Waals surface area contributed by atoms with Gasteiger partial charge in [-0.3, -0.25) is 0 Å². The molecule has 0 aliphatic carbocycles. The Hall–Kier alpha value is -0.930. The third-order valence-electron chi connectivity index (χ3n) is 3.08. The Morgan fingerprint density at radius 3 is 2.88 bits per heavy atom. The molecule has 0 spiro atoms. The number of halogens is 1. The quantitative estimate of drug-likeness (QED) is 0.898. The second kappa shape index (κ2) is 5.15. The van der Waals surface area contributed by atoms with E-state index in [1.165, 1.54) is 5.56 Å². The van der Waals surface area contributed by atoms with Crippen LogP contribution in [0.4, 0.5) is 5.69 Å². The number of aryl methyl sites for hydroxylation is 1. The van der Waals surface area contributed by atoms with Gasteiger partial charge < -0.3 is 15.0 Å². The molecule has 94 valence electrons. The fourth-order valence-electron chi connectivity index (χ4n) is 2.29. The molecule has 1 aromatic rings. The van der Waals surface area contributed by atoms with E-state index in [1.54, 1.807) is 7.11 Å². The third-order valence-corrected chi connectivity index (χ3v) is 3.38. The topological polar surface area (TPSA) is 24.5 Å². The number of fused-ring (bicyclic) bond motifs is 1. The van der Waals surface area contributed by atoms with Gasteiger partial charge in [0.2, 0.25) is 0 Å². The zero-order chi connectivity index (χ0) is 12.4. The minimum absolute atomic E-state index is 0.502. The van der Waals surface area contributed by atoms with E-state index in [2.05, 4.69) is 24.3 Å². The van der Waals surface area contributed by atoms with Gasteiger partial charge in [-0.2, -0.15) is 0 Å². The lowest BCUT2D eigenvalue weighted by Crippen LogP contribution is -2.35. The van der Waals surface area contributed by atoms with Crippen molar-refractivity contribution in [2.24, 2.45) is 0 Å². The molecule has 4 heteroatoms. The molecule has 2 rings (SSSR count). The SMILES string of the molecule is COc1cc2c(cc1Cl)NC(CN(C)C)CC2. The van der Waals surface area contributed by atoms with E-state index >= 15 is 0 Å². The highest BCUT2D eigenvalue weighted by atomic mass is 35.5. The molecule has 0 radical (unpaired) electrons. The second-order valence-corrected chi connectivity index (χ2v) is 5.19. The van der Waals surface area contributed by atoms with Crippen LogP contribution in [0.25, 0.3) is 0 Å². The Kier molecular flexibility index (Phi) is 3.79. The largest absolute Gasteiger partial charge is 0.495 e. The van der Waals surface area contributed by atoms with Gasteiger partial charge in [-0.15, -0.1) is 0 Å². The lowest BCUT2D eigenvalue weighted by Gasteiger charge is -2.29. The van der Waals surface area contributed by atoms with Crippen LogP contribution in [-0.4, -0.2) is 38.7 Å². The van der Waals surface area contributed by atoms with E-state index in [0.29, 0.717) is 11.1 Å². The predicted octanol–water partition coefficient (Wildman–Crippen LogP) is 2.64. The Labute approximate surface area is 108 Å². The number of nitrogens with zero attached hydrogens (tertiary/aromatic N) is 1. The molecule has 1 aliphatic heterocycles. The normalized spacial score (nSPS) is 18.8. The summed E-state index contributed by atoms with van der Waals surface area (Å²) in [6.45, 7) is 1.04. The van der Waals surface area contributed by atoms with Gasteiger partial charge in [-0.25, -0.2) is 0 Å². The summed E-state index contributed by atoms with van der Waals surface area (Å²) in [5, 5.41) is 4.21. The summed E-state index contributed by atoms with van der Waals surface area (Å²) in [6.07, 6.45) is 2.23. The maximum absolute atomic E-state index is 6.14. The lowest BCUT2D eigenvalue weighted by atomic mass is 9.97. The summed E-state index contributed by atoms with van der Waals surface area (Å²) in [7, 11) is 5.84. The van der Waals surface area contributed by atoms with Gasteiger partial charge in [-0.05, 0) is 44.6 Å². The fourth-order valence-corrected chi connectivity index (χ4v) is 2.53. The number of hydrogen-bond donors (Lipinski definition) is 1. The van der Waals surface area contributed by atoms with Crippen molar-refractivity contribution < 1.29 is 4.74 Å². The van der Waals surface area contributed by atoms with E-state index < -0.39 is 0 Å². The first kappa shape index (κ1) is 12.5. The van der Waals surface area contributed by atoms with Gasteiger partial charge in [0.25, 0.3) is 0 Å². The van der Waals surface area contributed by atoms with E-state index in [4.69, 9.17) is 16.3 Å². The Balaban J connectivity index is 2.18. The van der Waals surface area contributed by atoms with Crippen LogP contribution in [0.3, 0.4) is 0 Å². The Morgan fingerprint density at radius 1 is 1.47 bits per heavy atom. The first-order valence-corrected chi connectivity index (χ1v) is 6.25. The summed E-state index contributed by atoms with van der Waals surface area (Å²) in [6, 6.07) is 4.51. The molecular formula is C13H19ClN2O. The van der Waals surface area contributed by atoms with Crippen molar-refractivity contribution in [3.8, 4) is 5.75 Å². The summed E-state index contributed by atoms with van der Waals surface area (Å²) in [4.78, 5) is 2.20. The molecule has 0 fully saturated rings. The molecule has 0 bridgehead atoms. The zero-order valence-electron chi connectivity index (χ0n) is 10.6. The lowest BCUT2D eigenvalue weighted by molar-refractivity contribution is 0.371. The maximum Gasteiger partial charge on any atom is 0.137 e. The summed E-state index contributed by atoms with van der Waals surface area (Å²) >= 11 is 6.14. The molecule has 1 atom stereocenters. The minimum Gasteiger partial charge on any atom is -0.495 e. The molecule has 0 amide bonds. The van der Waals surface area contributed by atoms with Crippen molar-refractivity contribution in [3.63, 3.8) is 0 Å². The molecule has 17 heavy (non-hydrogen) atoms. The van der Waals surface area contributed by atoms with Gasteiger partial charge in [-0.1, -0.05) is 11.6 Å². The summed E-state index contributed by atoms with van der Waals surface area (Å²) < 4.78 is 5.23. The zero-order valence-corrected chi connectivity index (χ0v) is 11.3. The maximum atomic E-state index is 6.14. The van der Waals surface area contributed by atoms with Crippen molar-refractivity contribution in [2.45, 2.75) is 18.9 Å². The second-order valence-electron chi connectivity index (χ2n) is 4.79. The molecule has 3 nitrogen and oxygen atoms in total. The highest BCUT2D eigenvalue weighted by molar-refractivity contribution is 6.32. The van der Waals surface area contributed by atoms with Crippen molar-refractivity contribution in [1.82, 2.24) is 4.90 Å². The van der Waals surface area contributed by atoms with Crippen LogP contribution in [0.2, 0.25) is 5.02 Å². The van der Waals surface area contributed by atoms with E-state index in [-0.39, 0.29) is 0 Å². The number of hydrogen-bond acceptors (Lipinski definition) is 3. The van der Waals surface area contributed by atoms with Gasteiger partial charge in [0.15, 0.2) is 0 Å². The van der Waals surface area contributed by atoms with Crippen LogP contribution in [0.5, 0.6) is 5.75 Å². The van der Waals surface area contributed by atoms with Gasteiger partial charge in [0, 0.05) is 18.3 Å². The molecule has 1 unspecified atom stereocenters. The first-order chi connectivity index (χ1) is 8.10. The highest BCUT2D eigenvalue weighted by Gasteiger charge is 2.19. The predicted molar refractivity (Wildman–Crippen MR) is 72.3 cm³/mol. The molecule has 1 aliphatic rings. The average Bonchev–Trinajstić information content (AvgIpc) is 2.27. The third kappa shape index (κ3) is 2.85. The summed E-state index contributed by atoms with van der Waals surface area (Å²) in [5.74, 6) is 0.762. The Morgan fingerprint density at radius 2 is 2.24 bits per heavy atom. The molecular weight excluding hydrogens is 236 g/mol. The number of nitrogens with one attached hydrogen (secondary N) is 1. The molecule has 0 saturated carbocycles. The standard InChI is InChI=1S/C13H19ClN2O/c1-16(2)8-10-5-4-9-6-13(17-3)11(14)7-12(9)15-10/h6-7,10,15H,4-5,8H2,1-3H3. The van der Waals surface area contributed by atoms with Crippen LogP contribution in [0.15, 0.2) is 12.1 Å². The average molecular weight is 255 g/mol. The fraction of sp³-hybridized carbons (Fsp3) is 0.538. The molecule has 1 heterocycles. The molecule has 1 N–H and O–H groups in total. The summed E-state index contributed by atoms with van der Waals surface area (Å²) in [5.41, 5.74) is 2.44. The van der Waals surface area contributed by atoms with Crippen LogP contribution in [0, 0.1) is 0 Å². The number of rotatable bonds is 3. The van der Waals surface area contributed by atoms with E-state index in [9.17, 15) is 0 Å². The first-order valence-electron chi connectivity index (χ1n) is 5.88. The van der Waals surface area contributed by atoms with E-state index in [1.807, 2.05) is 12.1 Å². The van der Waals surface area contributed by atoms with Crippen molar-refractivity contribution in [2.75, 3.05) is 33.1 Å². The minimum atomic E-state index is 0.502. The monoisotopic (exact) mass is 254 g/mol. The molecule has 0 aromatic heterocycles. The number of anilines is 1. The van der Waals surface area contributed by atoms with Crippen LogP contribution in [0.1, 0.15) is 12.0 Å². The van der Waals surface area contributed by atoms with E-state index in [0.717, 1.165) is 30.8 Å². The van der Waals surface area contributed by atoms with Crippen LogP contribution < -0.4 is 10.1 Å². The smallest absolute Gasteiger partial charge is 0.137 e. The highest BCUT2D eigenvalue weighted by Crippen LogP contribution is 2.34. The van der Waals surface area contributed by atoms with Gasteiger partial charge in [0.1, 0.15) is 5.75 Å². The Bertz CT molecular complexity index is 407. The molecule has 1 aromatic carbocycles. The molecule has 0 saturated heterocycles. The van der Waals surface area contributed by atoms with Crippen molar-refractivity contribution in [1.29, 1.82) is 0 Å². The number of methoxy groups -OCH3 is 1. The number of ether oxygens (including phenoxy) is 1. The number of benzene rings is 1. The van der Waals surface area contributed by atoms with Crippen molar-refractivity contribution >= 4 is 17.3 Å².